The fraction of sp³-hybridized carbons (Fsp3) is 0.222. The molecule has 3 aromatic rings. The van der Waals surface area contributed by atoms with E-state index in [9.17, 15) is 5.11 Å². The maximum Gasteiger partial charge on any atom is 0.122 e. The number of imidazole rings is 1. The van der Waals surface area contributed by atoms with Crippen LogP contribution in [-0.2, 0) is 13.0 Å². The molecule has 23 heavy (non-hydrogen) atoms. The van der Waals surface area contributed by atoms with Crippen LogP contribution in [0.2, 0.25) is 0 Å². The lowest BCUT2D eigenvalue weighted by Crippen LogP contribution is -2.08. The Morgan fingerprint density at radius 2 is 1.96 bits per heavy atom. The Morgan fingerprint density at radius 1 is 1.13 bits per heavy atom. The molecule has 0 fully saturated rings. The number of benzene rings is 1. The molecule has 1 unspecified atom stereocenters. The molecule has 0 spiro atoms. The minimum Gasteiger partial charge on any atom is -0.497 e. The number of hydrogen-bond donors (Lipinski definition) is 2. The number of aliphatic hydroxyl groups is 1. The van der Waals surface area contributed by atoms with Gasteiger partial charge >= 0.3 is 0 Å². The Hall–Kier alpha value is -2.66. The van der Waals surface area contributed by atoms with Crippen molar-refractivity contribution in [2.45, 2.75) is 18.9 Å². The summed E-state index contributed by atoms with van der Waals surface area (Å²) in [5.74, 6) is 1.75. The van der Waals surface area contributed by atoms with Crippen LogP contribution in [0.3, 0.4) is 0 Å². The van der Waals surface area contributed by atoms with Gasteiger partial charge in [-0.15, -0.1) is 0 Å². The van der Waals surface area contributed by atoms with E-state index in [0.29, 0.717) is 6.42 Å². The van der Waals surface area contributed by atoms with Gasteiger partial charge in [-0.1, -0.05) is 24.3 Å². The van der Waals surface area contributed by atoms with Crippen molar-refractivity contribution in [3.8, 4) is 5.75 Å². The maximum atomic E-state index is 9.22. The highest BCUT2D eigenvalue weighted by molar-refractivity contribution is 5.35. The number of nitrogens with zero attached hydrogens (tertiary/aromatic N) is 2. The summed E-state index contributed by atoms with van der Waals surface area (Å²) in [6.45, 7) is 0.0422. The van der Waals surface area contributed by atoms with Gasteiger partial charge in [-0.05, 0) is 17.2 Å². The van der Waals surface area contributed by atoms with E-state index in [-0.39, 0.29) is 12.5 Å². The third kappa shape index (κ3) is 3.57. The third-order valence-electron chi connectivity index (χ3n) is 3.86. The summed E-state index contributed by atoms with van der Waals surface area (Å²) in [6.07, 6.45) is 6.04. The molecule has 1 atom stereocenters. The molecule has 2 N–H and O–H groups in total. The second-order valence-corrected chi connectivity index (χ2v) is 5.31. The zero-order chi connectivity index (χ0) is 16.1. The summed E-state index contributed by atoms with van der Waals surface area (Å²) in [4.78, 5) is 12.0. The number of nitrogens with one attached hydrogen (secondary N) is 1. The third-order valence-corrected chi connectivity index (χ3v) is 3.86. The molecule has 0 aliphatic carbocycles. The zero-order valence-electron chi connectivity index (χ0n) is 12.9. The lowest BCUT2D eigenvalue weighted by molar-refractivity contribution is 0.282. The van der Waals surface area contributed by atoms with Gasteiger partial charge in [-0.25, -0.2) is 4.98 Å². The van der Waals surface area contributed by atoms with Crippen molar-refractivity contribution in [3.05, 3.63) is 77.6 Å². The van der Waals surface area contributed by atoms with Gasteiger partial charge in [0, 0.05) is 37.0 Å². The SMILES string of the molecule is COc1ccnc(C(Cc2ncc[nH]2)c2ccc(CO)cc2)c1. The lowest BCUT2D eigenvalue weighted by Gasteiger charge is -2.17. The van der Waals surface area contributed by atoms with E-state index < -0.39 is 0 Å². The first kappa shape index (κ1) is 15.2. The molecular formula is C18H19N3O2. The average molecular weight is 309 g/mol. The van der Waals surface area contributed by atoms with Gasteiger partial charge in [0.05, 0.1) is 19.4 Å². The van der Waals surface area contributed by atoms with Crippen molar-refractivity contribution in [1.29, 1.82) is 0 Å². The number of H-pyrrole nitrogens is 1. The molecule has 5 nitrogen and oxygen atoms in total. The fourth-order valence-electron chi connectivity index (χ4n) is 2.60. The van der Waals surface area contributed by atoms with Crippen molar-refractivity contribution in [3.63, 3.8) is 0 Å². The lowest BCUT2D eigenvalue weighted by atomic mass is 9.91. The number of rotatable bonds is 6. The fourth-order valence-corrected chi connectivity index (χ4v) is 2.60. The zero-order valence-corrected chi connectivity index (χ0v) is 12.9. The molecule has 2 heterocycles. The van der Waals surface area contributed by atoms with Crippen LogP contribution in [0.25, 0.3) is 0 Å². The van der Waals surface area contributed by atoms with Gasteiger partial charge in [-0.3, -0.25) is 4.98 Å². The summed E-state index contributed by atoms with van der Waals surface area (Å²) >= 11 is 0. The van der Waals surface area contributed by atoms with Crippen LogP contribution < -0.4 is 4.74 Å². The van der Waals surface area contributed by atoms with Crippen LogP contribution >= 0.6 is 0 Å². The number of hydrogen-bond acceptors (Lipinski definition) is 4. The molecule has 0 saturated heterocycles. The van der Waals surface area contributed by atoms with Crippen LogP contribution in [0.5, 0.6) is 5.75 Å². The standard InChI is InChI=1S/C18H19N3O2/c1-23-15-6-7-19-17(10-15)16(11-18-20-8-9-21-18)14-4-2-13(12-22)3-5-14/h2-10,16,22H,11-12H2,1H3,(H,20,21). The minimum absolute atomic E-state index is 0.0422. The minimum atomic E-state index is 0.0422. The quantitative estimate of drug-likeness (QED) is 0.734. The molecule has 5 heteroatoms. The molecule has 118 valence electrons. The van der Waals surface area contributed by atoms with Crippen LogP contribution in [0, 0.1) is 0 Å². The van der Waals surface area contributed by atoms with Gasteiger partial charge in [0.15, 0.2) is 0 Å². The van der Waals surface area contributed by atoms with Crippen LogP contribution in [0.15, 0.2) is 55.0 Å². The maximum absolute atomic E-state index is 9.22. The van der Waals surface area contributed by atoms with Crippen molar-refractivity contribution in [2.75, 3.05) is 7.11 Å². The number of ether oxygens (including phenoxy) is 1. The van der Waals surface area contributed by atoms with Gasteiger partial charge in [0.2, 0.25) is 0 Å². The predicted molar refractivity (Wildman–Crippen MR) is 87.3 cm³/mol. The van der Waals surface area contributed by atoms with Gasteiger partial charge < -0.3 is 14.8 Å². The van der Waals surface area contributed by atoms with Crippen LogP contribution in [0.4, 0.5) is 0 Å². The van der Waals surface area contributed by atoms with Gasteiger partial charge in [0.1, 0.15) is 11.6 Å². The van der Waals surface area contributed by atoms with Crippen molar-refractivity contribution in [2.24, 2.45) is 0 Å². The number of pyridine rings is 1. The second kappa shape index (κ2) is 7.07. The van der Waals surface area contributed by atoms with E-state index in [1.165, 1.54) is 0 Å². The van der Waals surface area contributed by atoms with E-state index in [1.54, 1.807) is 19.5 Å². The highest BCUT2D eigenvalue weighted by Crippen LogP contribution is 2.28. The van der Waals surface area contributed by atoms with Gasteiger partial charge in [-0.2, -0.15) is 0 Å². The topological polar surface area (TPSA) is 71.0 Å². The molecule has 0 amide bonds. The molecule has 0 aliphatic heterocycles. The first-order valence-electron chi connectivity index (χ1n) is 7.48. The van der Waals surface area contributed by atoms with Crippen molar-refractivity contribution in [1.82, 2.24) is 15.0 Å². The highest BCUT2D eigenvalue weighted by atomic mass is 16.5. The molecule has 3 rings (SSSR count). The summed E-state index contributed by atoms with van der Waals surface area (Å²) < 4.78 is 5.32. The molecule has 2 aromatic heterocycles. The Bertz CT molecular complexity index is 739. The second-order valence-electron chi connectivity index (χ2n) is 5.31. The van der Waals surface area contributed by atoms with E-state index in [0.717, 1.165) is 28.4 Å². The Kier molecular flexibility index (Phi) is 4.68. The van der Waals surface area contributed by atoms with Crippen molar-refractivity contribution < 1.29 is 9.84 Å². The highest BCUT2D eigenvalue weighted by Gasteiger charge is 2.18. The Morgan fingerprint density at radius 3 is 2.61 bits per heavy atom. The van der Waals surface area contributed by atoms with Crippen molar-refractivity contribution >= 4 is 0 Å². The molecule has 1 aromatic carbocycles. The number of methoxy groups -OCH3 is 1. The molecule has 0 radical (unpaired) electrons. The summed E-state index contributed by atoms with van der Waals surface area (Å²) in [6, 6.07) is 11.7. The van der Waals surface area contributed by atoms with Crippen LogP contribution in [-0.4, -0.2) is 27.2 Å². The summed E-state index contributed by atoms with van der Waals surface area (Å²) in [5.41, 5.74) is 2.95. The molecule has 0 saturated carbocycles. The van der Waals surface area contributed by atoms with Gasteiger partial charge in [0.25, 0.3) is 0 Å². The molecule has 0 aliphatic rings. The number of aromatic nitrogens is 3. The van der Waals surface area contributed by atoms with E-state index in [1.807, 2.05) is 42.6 Å². The summed E-state index contributed by atoms with van der Waals surface area (Å²) in [5, 5.41) is 9.22. The monoisotopic (exact) mass is 309 g/mol. The first-order valence-corrected chi connectivity index (χ1v) is 7.48. The predicted octanol–water partition coefficient (Wildman–Crippen LogP) is 2.68. The van der Waals surface area contributed by atoms with E-state index in [2.05, 4.69) is 15.0 Å². The smallest absolute Gasteiger partial charge is 0.122 e. The number of aromatic amines is 1. The van der Waals surface area contributed by atoms with Crippen LogP contribution in [0.1, 0.15) is 28.6 Å². The Balaban J connectivity index is 1.97. The number of aliphatic hydroxyl groups excluding tert-OH is 1. The summed E-state index contributed by atoms with van der Waals surface area (Å²) in [7, 11) is 1.65. The Labute approximate surface area is 135 Å². The average Bonchev–Trinajstić information content (AvgIpc) is 3.13. The first-order chi connectivity index (χ1) is 11.3. The largest absolute Gasteiger partial charge is 0.497 e. The van der Waals surface area contributed by atoms with E-state index >= 15 is 0 Å². The van der Waals surface area contributed by atoms with E-state index in [4.69, 9.17) is 4.74 Å². The normalized spacial score (nSPS) is 12.1. The molecular weight excluding hydrogens is 290 g/mol. The molecule has 0 bridgehead atoms.